The lowest BCUT2D eigenvalue weighted by Gasteiger charge is -2.16. The van der Waals surface area contributed by atoms with Crippen LogP contribution in [0.15, 0.2) is 24.3 Å². The average Bonchev–Trinajstić information content (AvgIpc) is 2.45. The van der Waals surface area contributed by atoms with Gasteiger partial charge >= 0.3 is 0 Å². The lowest BCUT2D eigenvalue weighted by atomic mass is 10.1. The van der Waals surface area contributed by atoms with Crippen molar-refractivity contribution < 1.29 is 9.53 Å². The topological polar surface area (TPSA) is 67.6 Å². The Bertz CT molecular complexity index is 465. The van der Waals surface area contributed by atoms with Crippen molar-refractivity contribution in [1.29, 1.82) is 0 Å². The summed E-state index contributed by atoms with van der Waals surface area (Å²) in [6, 6.07) is 7.00. The Morgan fingerprint density at radius 1 is 1.40 bits per heavy atom. The van der Waals surface area contributed by atoms with E-state index in [9.17, 15) is 4.79 Å². The van der Waals surface area contributed by atoms with Gasteiger partial charge in [-0.05, 0) is 19.2 Å². The van der Waals surface area contributed by atoms with Gasteiger partial charge in [0.15, 0.2) is 0 Å². The second-order valence-corrected chi connectivity index (χ2v) is 4.94. The van der Waals surface area contributed by atoms with Gasteiger partial charge in [0.2, 0.25) is 0 Å². The van der Waals surface area contributed by atoms with E-state index in [2.05, 4.69) is 10.2 Å². The van der Waals surface area contributed by atoms with Gasteiger partial charge in [0.1, 0.15) is 4.99 Å². The summed E-state index contributed by atoms with van der Waals surface area (Å²) >= 11 is 4.90. The van der Waals surface area contributed by atoms with Crippen LogP contribution in [0.1, 0.15) is 15.9 Å². The zero-order valence-electron chi connectivity index (χ0n) is 11.9. The van der Waals surface area contributed by atoms with Crippen molar-refractivity contribution in [3.05, 3.63) is 35.4 Å². The molecule has 5 nitrogen and oxygen atoms in total. The van der Waals surface area contributed by atoms with Crippen LogP contribution in [0.25, 0.3) is 0 Å². The van der Waals surface area contributed by atoms with E-state index in [1.807, 2.05) is 7.05 Å². The fourth-order valence-electron chi connectivity index (χ4n) is 1.63. The van der Waals surface area contributed by atoms with Gasteiger partial charge in [0, 0.05) is 37.9 Å². The van der Waals surface area contributed by atoms with Gasteiger partial charge in [-0.3, -0.25) is 4.79 Å². The highest BCUT2D eigenvalue weighted by Crippen LogP contribution is 2.05. The zero-order valence-corrected chi connectivity index (χ0v) is 12.7. The predicted molar refractivity (Wildman–Crippen MR) is 84.0 cm³/mol. The number of nitrogens with zero attached hydrogens (tertiary/aromatic N) is 1. The molecular formula is C14H21N3O2S. The maximum Gasteiger partial charge on any atom is 0.251 e. The van der Waals surface area contributed by atoms with Gasteiger partial charge in [0.05, 0.1) is 6.61 Å². The molecule has 0 saturated carbocycles. The maximum atomic E-state index is 12.0. The molecule has 0 heterocycles. The summed E-state index contributed by atoms with van der Waals surface area (Å²) in [6.07, 6.45) is 0. The third-order valence-corrected chi connectivity index (χ3v) is 3.10. The molecule has 1 aromatic carbocycles. The molecule has 1 aromatic rings. The van der Waals surface area contributed by atoms with Gasteiger partial charge < -0.3 is 20.7 Å². The zero-order chi connectivity index (χ0) is 15.0. The summed E-state index contributed by atoms with van der Waals surface area (Å²) in [6.45, 7) is 2.87. The molecule has 0 aliphatic heterocycles. The molecule has 1 amide bonds. The molecule has 1 rings (SSSR count). The number of carbonyl (C=O) groups excluding carboxylic acids is 1. The van der Waals surface area contributed by atoms with E-state index >= 15 is 0 Å². The largest absolute Gasteiger partial charge is 0.389 e. The Hall–Kier alpha value is -1.50. The molecule has 20 heavy (non-hydrogen) atoms. The predicted octanol–water partition coefficient (Wildman–Crippen LogP) is 0.629. The number of hydrogen-bond donors (Lipinski definition) is 2. The minimum Gasteiger partial charge on any atom is -0.389 e. The minimum atomic E-state index is -0.122. The van der Waals surface area contributed by atoms with Crippen molar-refractivity contribution in [2.45, 2.75) is 0 Å². The van der Waals surface area contributed by atoms with Crippen molar-refractivity contribution in [2.24, 2.45) is 5.73 Å². The molecule has 0 spiro atoms. The van der Waals surface area contributed by atoms with Crippen molar-refractivity contribution in [3.8, 4) is 0 Å². The Kier molecular flexibility index (Phi) is 7.14. The molecule has 0 saturated heterocycles. The number of hydrogen-bond acceptors (Lipinski definition) is 4. The number of nitrogens with one attached hydrogen (secondary N) is 1. The minimum absolute atomic E-state index is 0.122. The van der Waals surface area contributed by atoms with Crippen LogP contribution in [0.3, 0.4) is 0 Å². The number of rotatable bonds is 8. The van der Waals surface area contributed by atoms with Crippen LogP contribution in [-0.2, 0) is 4.74 Å². The monoisotopic (exact) mass is 295 g/mol. The number of methoxy groups -OCH3 is 1. The Balaban J connectivity index is 2.43. The summed E-state index contributed by atoms with van der Waals surface area (Å²) in [7, 11) is 3.66. The smallest absolute Gasteiger partial charge is 0.251 e. The molecule has 0 atom stereocenters. The number of benzene rings is 1. The normalized spacial score (nSPS) is 10.6. The van der Waals surface area contributed by atoms with E-state index in [-0.39, 0.29) is 5.91 Å². The second-order valence-electron chi connectivity index (χ2n) is 4.50. The van der Waals surface area contributed by atoms with Crippen molar-refractivity contribution in [2.75, 3.05) is 40.4 Å². The highest BCUT2D eigenvalue weighted by atomic mass is 32.1. The van der Waals surface area contributed by atoms with Crippen LogP contribution in [0.5, 0.6) is 0 Å². The van der Waals surface area contributed by atoms with Crippen molar-refractivity contribution in [3.63, 3.8) is 0 Å². The third-order valence-electron chi connectivity index (χ3n) is 2.87. The first-order valence-corrected chi connectivity index (χ1v) is 6.81. The molecule has 0 fully saturated rings. The van der Waals surface area contributed by atoms with E-state index in [1.54, 1.807) is 31.4 Å². The molecule has 6 heteroatoms. The lowest BCUT2D eigenvalue weighted by molar-refractivity contribution is 0.0947. The number of likely N-dealkylation sites (N-methyl/N-ethyl adjacent to an activating group) is 1. The quantitative estimate of drug-likeness (QED) is 0.689. The highest BCUT2D eigenvalue weighted by Gasteiger charge is 2.07. The lowest BCUT2D eigenvalue weighted by Crippen LogP contribution is -2.34. The van der Waals surface area contributed by atoms with Gasteiger partial charge in [-0.15, -0.1) is 0 Å². The summed E-state index contributed by atoms with van der Waals surface area (Å²) in [4.78, 5) is 14.4. The Labute approximate surface area is 125 Å². The first-order chi connectivity index (χ1) is 9.54. The van der Waals surface area contributed by atoms with Gasteiger partial charge in [-0.25, -0.2) is 0 Å². The van der Waals surface area contributed by atoms with E-state index in [0.717, 1.165) is 13.1 Å². The third kappa shape index (κ3) is 5.64. The van der Waals surface area contributed by atoms with E-state index < -0.39 is 0 Å². The summed E-state index contributed by atoms with van der Waals surface area (Å²) < 4.78 is 4.99. The van der Waals surface area contributed by atoms with E-state index in [1.165, 1.54) is 0 Å². The van der Waals surface area contributed by atoms with Crippen LogP contribution in [0, 0.1) is 0 Å². The SMILES string of the molecule is COCCN(C)CCNC(=O)c1cccc(C(N)=S)c1. The van der Waals surface area contributed by atoms with Gasteiger partial charge in [-0.2, -0.15) is 0 Å². The fourth-order valence-corrected chi connectivity index (χ4v) is 1.76. The number of amides is 1. The highest BCUT2D eigenvalue weighted by molar-refractivity contribution is 7.80. The number of thiocarbonyl (C=S) groups is 1. The number of nitrogens with two attached hydrogens (primary N) is 1. The molecule has 0 aromatic heterocycles. The molecule has 0 aliphatic carbocycles. The molecule has 0 unspecified atom stereocenters. The average molecular weight is 295 g/mol. The van der Waals surface area contributed by atoms with Crippen LogP contribution in [0.4, 0.5) is 0 Å². The first kappa shape index (κ1) is 16.6. The van der Waals surface area contributed by atoms with E-state index in [4.69, 9.17) is 22.7 Å². The van der Waals surface area contributed by atoms with Gasteiger partial charge in [0.25, 0.3) is 5.91 Å². The van der Waals surface area contributed by atoms with E-state index in [0.29, 0.717) is 29.3 Å². The van der Waals surface area contributed by atoms with Crippen molar-refractivity contribution >= 4 is 23.1 Å². The molecular weight excluding hydrogens is 274 g/mol. The maximum absolute atomic E-state index is 12.0. The fraction of sp³-hybridized carbons (Fsp3) is 0.429. The number of ether oxygens (including phenoxy) is 1. The molecule has 110 valence electrons. The van der Waals surface area contributed by atoms with Gasteiger partial charge in [-0.1, -0.05) is 24.4 Å². The van der Waals surface area contributed by atoms with Crippen LogP contribution >= 0.6 is 12.2 Å². The van der Waals surface area contributed by atoms with Crippen LogP contribution in [0.2, 0.25) is 0 Å². The van der Waals surface area contributed by atoms with Crippen LogP contribution < -0.4 is 11.1 Å². The Morgan fingerprint density at radius 2 is 2.10 bits per heavy atom. The summed E-state index contributed by atoms with van der Waals surface area (Å²) in [5.41, 5.74) is 6.81. The molecule has 3 N–H and O–H groups in total. The standard InChI is InChI=1S/C14H21N3O2S/c1-17(8-9-19-2)7-6-16-14(18)12-5-3-4-11(10-12)13(15)20/h3-5,10H,6-9H2,1-2H3,(H2,15,20)(H,16,18). The van der Waals surface area contributed by atoms with Crippen molar-refractivity contribution in [1.82, 2.24) is 10.2 Å². The molecule has 0 radical (unpaired) electrons. The Morgan fingerprint density at radius 3 is 2.75 bits per heavy atom. The summed E-state index contributed by atoms with van der Waals surface area (Å²) in [5.74, 6) is -0.122. The first-order valence-electron chi connectivity index (χ1n) is 6.40. The summed E-state index contributed by atoms with van der Waals surface area (Å²) in [5, 5.41) is 2.87. The second kappa shape index (κ2) is 8.63. The number of carbonyl (C=O) groups is 1. The van der Waals surface area contributed by atoms with Crippen LogP contribution in [-0.4, -0.2) is 56.2 Å². The molecule has 0 aliphatic rings. The molecule has 0 bridgehead atoms.